The Labute approximate surface area is 136 Å². The fourth-order valence-corrected chi connectivity index (χ4v) is 2.80. The summed E-state index contributed by atoms with van der Waals surface area (Å²) in [4.78, 5) is 13.2. The van der Waals surface area contributed by atoms with E-state index in [0.29, 0.717) is 11.3 Å². The summed E-state index contributed by atoms with van der Waals surface area (Å²) >= 11 is 0. The maximum Gasteiger partial charge on any atom is 0.150 e. The van der Waals surface area contributed by atoms with E-state index in [4.69, 9.17) is 10.1 Å². The monoisotopic (exact) mass is 308 g/mol. The van der Waals surface area contributed by atoms with Gasteiger partial charge in [-0.2, -0.15) is 0 Å². The molecule has 4 heteroatoms. The van der Waals surface area contributed by atoms with Gasteiger partial charge in [0.1, 0.15) is 6.29 Å². The number of ether oxygens (including phenoxy) is 1. The van der Waals surface area contributed by atoms with Crippen LogP contribution in [0.4, 0.5) is 5.69 Å². The highest BCUT2D eigenvalue weighted by Gasteiger charge is 2.13. The zero-order chi connectivity index (χ0) is 16.2. The number of benzene rings is 2. The van der Waals surface area contributed by atoms with E-state index in [1.165, 1.54) is 0 Å². The van der Waals surface area contributed by atoms with E-state index in [2.05, 4.69) is 4.90 Å². The van der Waals surface area contributed by atoms with E-state index >= 15 is 0 Å². The molecule has 1 N–H and O–H groups in total. The molecule has 2 aromatic carbocycles. The Morgan fingerprint density at radius 1 is 1.13 bits per heavy atom. The second kappa shape index (κ2) is 6.75. The number of nitrogens with zero attached hydrogens (tertiary/aromatic N) is 1. The Hall–Kier alpha value is -2.46. The van der Waals surface area contributed by atoms with E-state index in [1.807, 2.05) is 37.3 Å². The Morgan fingerprint density at radius 3 is 2.48 bits per heavy atom. The number of carbonyl (C=O) groups excluding carboxylic acids is 1. The number of morpholine rings is 1. The molecule has 1 heterocycles. The van der Waals surface area contributed by atoms with Gasteiger partial charge in [-0.1, -0.05) is 24.3 Å². The standard InChI is InChI=1S/C19H20N2O2/c1-14-2-3-15(13-22)12-18(14)19(20)16-4-6-17(7-5-16)21-8-10-23-11-9-21/h2-7,12-13,20H,8-11H2,1H3. The fraction of sp³-hybridized carbons (Fsp3) is 0.263. The zero-order valence-electron chi connectivity index (χ0n) is 13.2. The third kappa shape index (κ3) is 3.32. The van der Waals surface area contributed by atoms with Gasteiger partial charge in [0.25, 0.3) is 0 Å². The van der Waals surface area contributed by atoms with Crippen LogP contribution in [0.3, 0.4) is 0 Å². The number of hydrogen-bond donors (Lipinski definition) is 1. The molecule has 1 aliphatic heterocycles. The molecule has 1 saturated heterocycles. The molecule has 0 bridgehead atoms. The number of nitrogens with one attached hydrogen (secondary N) is 1. The number of aryl methyl sites for hydroxylation is 1. The number of rotatable bonds is 4. The first kappa shape index (κ1) is 15.4. The van der Waals surface area contributed by atoms with Crippen LogP contribution in [0.2, 0.25) is 0 Å². The molecule has 1 aliphatic rings. The lowest BCUT2D eigenvalue weighted by molar-refractivity contribution is 0.112. The van der Waals surface area contributed by atoms with Crippen molar-refractivity contribution < 1.29 is 9.53 Å². The van der Waals surface area contributed by atoms with Crippen LogP contribution in [-0.4, -0.2) is 38.3 Å². The lowest BCUT2D eigenvalue weighted by atomic mass is 9.96. The van der Waals surface area contributed by atoms with Crippen LogP contribution < -0.4 is 4.90 Å². The number of hydrogen-bond acceptors (Lipinski definition) is 4. The van der Waals surface area contributed by atoms with Crippen molar-refractivity contribution in [2.45, 2.75) is 6.92 Å². The van der Waals surface area contributed by atoms with Crippen LogP contribution in [0.25, 0.3) is 0 Å². The SMILES string of the molecule is Cc1ccc(C=O)cc1C(=N)c1ccc(N2CCOCC2)cc1. The maximum atomic E-state index is 11.0. The predicted octanol–water partition coefficient (Wildman–Crippen LogP) is 3.06. The van der Waals surface area contributed by atoms with Crippen molar-refractivity contribution in [3.05, 3.63) is 64.7 Å². The Bertz CT molecular complexity index is 717. The Kier molecular flexibility index (Phi) is 4.53. The van der Waals surface area contributed by atoms with Crippen molar-refractivity contribution in [2.75, 3.05) is 31.2 Å². The van der Waals surface area contributed by atoms with E-state index in [-0.39, 0.29) is 0 Å². The van der Waals surface area contributed by atoms with Crippen LogP contribution in [0.1, 0.15) is 27.0 Å². The summed E-state index contributed by atoms with van der Waals surface area (Å²) in [5, 5.41) is 8.45. The summed E-state index contributed by atoms with van der Waals surface area (Å²) in [5.74, 6) is 0. The second-order valence-electron chi connectivity index (χ2n) is 5.71. The minimum Gasteiger partial charge on any atom is -0.378 e. The normalized spacial score (nSPS) is 14.6. The second-order valence-corrected chi connectivity index (χ2v) is 5.71. The number of aldehydes is 1. The first-order valence-corrected chi connectivity index (χ1v) is 7.77. The van der Waals surface area contributed by atoms with E-state index in [1.54, 1.807) is 12.1 Å². The molecule has 0 aliphatic carbocycles. The van der Waals surface area contributed by atoms with E-state index < -0.39 is 0 Å². The van der Waals surface area contributed by atoms with Gasteiger partial charge in [-0.05, 0) is 30.7 Å². The summed E-state index contributed by atoms with van der Waals surface area (Å²) in [6.07, 6.45) is 0.817. The van der Waals surface area contributed by atoms with Crippen molar-refractivity contribution in [3.63, 3.8) is 0 Å². The van der Waals surface area contributed by atoms with Gasteiger partial charge in [0, 0.05) is 35.5 Å². The molecule has 118 valence electrons. The summed E-state index contributed by atoms with van der Waals surface area (Å²) in [6, 6.07) is 13.5. The smallest absolute Gasteiger partial charge is 0.150 e. The van der Waals surface area contributed by atoms with Crippen LogP contribution in [0.15, 0.2) is 42.5 Å². The molecule has 3 rings (SSSR count). The minimum absolute atomic E-state index is 0.444. The molecule has 0 aromatic heterocycles. The van der Waals surface area contributed by atoms with Crippen molar-refractivity contribution in [1.29, 1.82) is 5.41 Å². The molecule has 0 saturated carbocycles. The van der Waals surface area contributed by atoms with Gasteiger partial charge < -0.3 is 9.64 Å². The Morgan fingerprint density at radius 2 is 1.83 bits per heavy atom. The molecule has 23 heavy (non-hydrogen) atoms. The van der Waals surface area contributed by atoms with Gasteiger partial charge in [0.05, 0.1) is 18.9 Å². The molecule has 2 aromatic rings. The molecule has 0 spiro atoms. The molecular formula is C19H20N2O2. The number of anilines is 1. The average Bonchev–Trinajstić information content (AvgIpc) is 2.62. The van der Waals surface area contributed by atoms with Crippen molar-refractivity contribution in [1.82, 2.24) is 0 Å². The third-order valence-electron chi connectivity index (χ3n) is 4.20. The first-order chi connectivity index (χ1) is 11.2. The molecule has 4 nitrogen and oxygen atoms in total. The van der Waals surface area contributed by atoms with E-state index in [0.717, 1.165) is 55.0 Å². The fourth-order valence-electron chi connectivity index (χ4n) is 2.80. The van der Waals surface area contributed by atoms with Crippen molar-refractivity contribution in [3.8, 4) is 0 Å². The predicted molar refractivity (Wildman–Crippen MR) is 92.0 cm³/mol. The third-order valence-corrected chi connectivity index (χ3v) is 4.20. The molecule has 0 atom stereocenters. The van der Waals surface area contributed by atoms with Gasteiger partial charge in [-0.25, -0.2) is 0 Å². The minimum atomic E-state index is 0.444. The quantitative estimate of drug-likeness (QED) is 0.697. The van der Waals surface area contributed by atoms with Gasteiger partial charge >= 0.3 is 0 Å². The van der Waals surface area contributed by atoms with Crippen molar-refractivity contribution >= 4 is 17.7 Å². The topological polar surface area (TPSA) is 53.4 Å². The van der Waals surface area contributed by atoms with Crippen LogP contribution in [0, 0.1) is 12.3 Å². The lowest BCUT2D eigenvalue weighted by Crippen LogP contribution is -2.36. The van der Waals surface area contributed by atoms with Crippen LogP contribution in [0.5, 0.6) is 0 Å². The largest absolute Gasteiger partial charge is 0.378 e. The molecule has 0 unspecified atom stereocenters. The molecular weight excluding hydrogens is 288 g/mol. The Balaban J connectivity index is 1.84. The molecule has 0 amide bonds. The van der Waals surface area contributed by atoms with Crippen LogP contribution in [-0.2, 0) is 4.74 Å². The highest BCUT2D eigenvalue weighted by atomic mass is 16.5. The first-order valence-electron chi connectivity index (χ1n) is 7.77. The number of carbonyl (C=O) groups is 1. The summed E-state index contributed by atoms with van der Waals surface area (Å²) in [7, 11) is 0. The highest BCUT2D eigenvalue weighted by molar-refractivity contribution is 6.12. The summed E-state index contributed by atoms with van der Waals surface area (Å²) in [6.45, 7) is 5.28. The zero-order valence-corrected chi connectivity index (χ0v) is 13.2. The van der Waals surface area contributed by atoms with Gasteiger partial charge in [0.15, 0.2) is 0 Å². The van der Waals surface area contributed by atoms with Gasteiger partial charge in [-0.3, -0.25) is 10.2 Å². The molecule has 1 fully saturated rings. The van der Waals surface area contributed by atoms with Gasteiger partial charge in [-0.15, -0.1) is 0 Å². The summed E-state index contributed by atoms with van der Waals surface area (Å²) < 4.78 is 5.37. The van der Waals surface area contributed by atoms with E-state index in [9.17, 15) is 4.79 Å². The maximum absolute atomic E-state index is 11.0. The van der Waals surface area contributed by atoms with Gasteiger partial charge in [0.2, 0.25) is 0 Å². The lowest BCUT2D eigenvalue weighted by Gasteiger charge is -2.29. The molecule has 0 radical (unpaired) electrons. The summed E-state index contributed by atoms with van der Waals surface area (Å²) in [5.41, 5.74) is 4.85. The highest BCUT2D eigenvalue weighted by Crippen LogP contribution is 2.20. The van der Waals surface area contributed by atoms with Crippen LogP contribution >= 0.6 is 0 Å². The van der Waals surface area contributed by atoms with Crippen molar-refractivity contribution in [2.24, 2.45) is 0 Å². The average molecular weight is 308 g/mol.